The van der Waals surface area contributed by atoms with Crippen molar-refractivity contribution in [3.63, 3.8) is 0 Å². The van der Waals surface area contributed by atoms with Crippen LogP contribution in [0.3, 0.4) is 0 Å². The summed E-state index contributed by atoms with van der Waals surface area (Å²) >= 11 is 0. The molecule has 32 heavy (non-hydrogen) atoms. The molecular formula is C31H25N. The minimum Gasteiger partial charge on any atom is -0.310 e. The SMILES string of the molecule is Cc1ccc(N(c2ccc(-c3ccccc3)cc2)c2cccc(-c3ccccc3)c2)cc1. The summed E-state index contributed by atoms with van der Waals surface area (Å²) in [7, 11) is 0. The molecular weight excluding hydrogens is 386 g/mol. The maximum atomic E-state index is 2.32. The van der Waals surface area contributed by atoms with Crippen LogP contribution in [-0.4, -0.2) is 0 Å². The maximum absolute atomic E-state index is 2.32. The van der Waals surface area contributed by atoms with Crippen LogP contribution in [0.15, 0.2) is 133 Å². The molecule has 1 nitrogen and oxygen atoms in total. The average molecular weight is 412 g/mol. The van der Waals surface area contributed by atoms with Gasteiger partial charge in [-0.2, -0.15) is 0 Å². The third-order valence-electron chi connectivity index (χ3n) is 5.74. The minimum atomic E-state index is 1.14. The maximum Gasteiger partial charge on any atom is 0.0467 e. The summed E-state index contributed by atoms with van der Waals surface area (Å²) in [6.45, 7) is 2.12. The first kappa shape index (κ1) is 19.8. The summed E-state index contributed by atoms with van der Waals surface area (Å²) < 4.78 is 0. The van der Waals surface area contributed by atoms with Gasteiger partial charge in [0, 0.05) is 17.1 Å². The molecule has 0 spiro atoms. The Hall–Kier alpha value is -4.10. The number of anilines is 3. The molecule has 5 aromatic rings. The van der Waals surface area contributed by atoms with Crippen molar-refractivity contribution in [3.8, 4) is 22.3 Å². The summed E-state index contributed by atoms with van der Waals surface area (Å²) in [6.07, 6.45) is 0. The lowest BCUT2D eigenvalue weighted by Crippen LogP contribution is -2.10. The molecule has 154 valence electrons. The fourth-order valence-electron chi connectivity index (χ4n) is 4.03. The van der Waals surface area contributed by atoms with E-state index in [-0.39, 0.29) is 0 Å². The van der Waals surface area contributed by atoms with Gasteiger partial charge in [-0.05, 0) is 65.6 Å². The molecule has 0 fully saturated rings. The normalized spacial score (nSPS) is 10.7. The predicted molar refractivity (Wildman–Crippen MR) is 137 cm³/mol. The van der Waals surface area contributed by atoms with E-state index >= 15 is 0 Å². The first-order valence-electron chi connectivity index (χ1n) is 11.0. The van der Waals surface area contributed by atoms with E-state index < -0.39 is 0 Å². The van der Waals surface area contributed by atoms with Crippen LogP contribution in [0.25, 0.3) is 22.3 Å². The molecule has 1 heteroatoms. The van der Waals surface area contributed by atoms with E-state index in [1.807, 2.05) is 0 Å². The number of benzene rings is 5. The van der Waals surface area contributed by atoms with Crippen LogP contribution in [0.1, 0.15) is 5.56 Å². The Bertz CT molecular complexity index is 1290. The molecule has 0 N–H and O–H groups in total. The van der Waals surface area contributed by atoms with Crippen LogP contribution in [0.2, 0.25) is 0 Å². The first-order valence-corrected chi connectivity index (χ1v) is 11.0. The zero-order chi connectivity index (χ0) is 21.8. The number of hydrogen-bond donors (Lipinski definition) is 0. The molecule has 0 radical (unpaired) electrons. The predicted octanol–water partition coefficient (Wildman–Crippen LogP) is 8.80. The molecule has 0 atom stereocenters. The van der Waals surface area contributed by atoms with Crippen molar-refractivity contribution in [2.75, 3.05) is 4.90 Å². The van der Waals surface area contributed by atoms with Gasteiger partial charge in [0.2, 0.25) is 0 Å². The number of rotatable bonds is 5. The monoisotopic (exact) mass is 411 g/mol. The first-order chi connectivity index (χ1) is 15.8. The highest BCUT2D eigenvalue weighted by Crippen LogP contribution is 2.37. The third kappa shape index (κ3) is 4.19. The highest BCUT2D eigenvalue weighted by Gasteiger charge is 2.13. The van der Waals surface area contributed by atoms with Gasteiger partial charge in [0.15, 0.2) is 0 Å². The molecule has 0 saturated heterocycles. The lowest BCUT2D eigenvalue weighted by molar-refractivity contribution is 1.27. The Balaban J connectivity index is 1.59. The van der Waals surface area contributed by atoms with Gasteiger partial charge < -0.3 is 4.90 Å². The average Bonchev–Trinajstić information content (AvgIpc) is 2.87. The molecule has 0 aliphatic rings. The van der Waals surface area contributed by atoms with Crippen LogP contribution in [0.5, 0.6) is 0 Å². The van der Waals surface area contributed by atoms with Crippen LogP contribution < -0.4 is 4.90 Å². The topological polar surface area (TPSA) is 3.24 Å². The Morgan fingerprint density at radius 1 is 0.375 bits per heavy atom. The fraction of sp³-hybridized carbons (Fsp3) is 0.0323. The number of nitrogens with zero attached hydrogens (tertiary/aromatic N) is 1. The standard InChI is InChI=1S/C31H25N/c1-24-15-19-29(20-16-24)32(30-21-17-27(18-22-30)25-9-4-2-5-10-25)31-14-8-13-28(23-31)26-11-6-3-7-12-26/h2-23H,1H3. The molecule has 0 aromatic heterocycles. The van der Waals surface area contributed by atoms with E-state index in [1.165, 1.54) is 27.8 Å². The molecule has 0 bridgehead atoms. The fourth-order valence-corrected chi connectivity index (χ4v) is 4.03. The van der Waals surface area contributed by atoms with E-state index in [0.717, 1.165) is 17.1 Å². The van der Waals surface area contributed by atoms with Crippen LogP contribution in [-0.2, 0) is 0 Å². The van der Waals surface area contributed by atoms with E-state index in [1.54, 1.807) is 0 Å². The molecule has 0 unspecified atom stereocenters. The van der Waals surface area contributed by atoms with Gasteiger partial charge in [0.25, 0.3) is 0 Å². The Morgan fingerprint density at radius 2 is 0.844 bits per heavy atom. The Kier molecular flexibility index (Phi) is 5.55. The van der Waals surface area contributed by atoms with Gasteiger partial charge >= 0.3 is 0 Å². The number of hydrogen-bond acceptors (Lipinski definition) is 1. The molecule has 0 aliphatic heterocycles. The molecule has 0 saturated carbocycles. The van der Waals surface area contributed by atoms with Crippen molar-refractivity contribution < 1.29 is 0 Å². The van der Waals surface area contributed by atoms with E-state index in [0.29, 0.717) is 0 Å². The van der Waals surface area contributed by atoms with E-state index in [2.05, 4.69) is 145 Å². The highest BCUT2D eigenvalue weighted by atomic mass is 15.1. The summed E-state index contributed by atoms with van der Waals surface area (Å²) in [5.74, 6) is 0. The minimum absolute atomic E-state index is 1.14. The van der Waals surface area contributed by atoms with Gasteiger partial charge in [-0.15, -0.1) is 0 Å². The summed E-state index contributed by atoms with van der Waals surface area (Å²) in [5, 5.41) is 0. The summed E-state index contributed by atoms with van der Waals surface area (Å²) in [4.78, 5) is 2.32. The number of aryl methyl sites for hydroxylation is 1. The van der Waals surface area contributed by atoms with Crippen molar-refractivity contribution in [2.45, 2.75) is 6.92 Å². The molecule has 5 aromatic carbocycles. The second kappa shape index (κ2) is 8.95. The van der Waals surface area contributed by atoms with Crippen LogP contribution >= 0.6 is 0 Å². The van der Waals surface area contributed by atoms with E-state index in [9.17, 15) is 0 Å². The second-order valence-corrected chi connectivity index (χ2v) is 8.00. The smallest absolute Gasteiger partial charge is 0.0467 e. The molecule has 5 rings (SSSR count). The quantitative estimate of drug-likeness (QED) is 0.279. The van der Waals surface area contributed by atoms with Gasteiger partial charge in [-0.1, -0.05) is 103 Å². The summed E-state index contributed by atoms with van der Waals surface area (Å²) in [5.41, 5.74) is 9.56. The van der Waals surface area contributed by atoms with Crippen molar-refractivity contribution >= 4 is 17.1 Å². The lowest BCUT2D eigenvalue weighted by atomic mass is 10.0. The second-order valence-electron chi connectivity index (χ2n) is 8.00. The largest absolute Gasteiger partial charge is 0.310 e. The van der Waals surface area contributed by atoms with Gasteiger partial charge in [-0.25, -0.2) is 0 Å². The molecule has 0 amide bonds. The highest BCUT2D eigenvalue weighted by molar-refractivity contribution is 5.81. The summed E-state index contributed by atoms with van der Waals surface area (Å²) in [6, 6.07) is 47.3. The van der Waals surface area contributed by atoms with Gasteiger partial charge in [0.05, 0.1) is 0 Å². The van der Waals surface area contributed by atoms with Crippen molar-refractivity contribution in [2.24, 2.45) is 0 Å². The molecule has 0 aliphatic carbocycles. The Labute approximate surface area is 190 Å². The zero-order valence-corrected chi connectivity index (χ0v) is 18.1. The van der Waals surface area contributed by atoms with Crippen LogP contribution in [0.4, 0.5) is 17.1 Å². The van der Waals surface area contributed by atoms with Gasteiger partial charge in [0.1, 0.15) is 0 Å². The zero-order valence-electron chi connectivity index (χ0n) is 18.1. The van der Waals surface area contributed by atoms with Gasteiger partial charge in [-0.3, -0.25) is 0 Å². The third-order valence-corrected chi connectivity index (χ3v) is 5.74. The van der Waals surface area contributed by atoms with Crippen molar-refractivity contribution in [1.82, 2.24) is 0 Å². The molecule has 0 heterocycles. The van der Waals surface area contributed by atoms with Crippen molar-refractivity contribution in [1.29, 1.82) is 0 Å². The van der Waals surface area contributed by atoms with Crippen LogP contribution in [0, 0.1) is 6.92 Å². The lowest BCUT2D eigenvalue weighted by Gasteiger charge is -2.26. The van der Waals surface area contributed by atoms with Crippen molar-refractivity contribution in [3.05, 3.63) is 139 Å². The Morgan fingerprint density at radius 3 is 1.44 bits per heavy atom. The van der Waals surface area contributed by atoms with E-state index in [4.69, 9.17) is 0 Å².